The SMILES string of the molecule is CCc1ccc(C(O)CC(C)CC(C)(C)C)cc1. The van der Waals surface area contributed by atoms with Crippen LogP contribution in [0.3, 0.4) is 0 Å². The zero-order chi connectivity index (χ0) is 13.8. The van der Waals surface area contributed by atoms with Gasteiger partial charge in [-0.2, -0.15) is 0 Å². The van der Waals surface area contributed by atoms with Crippen molar-refractivity contribution in [3.63, 3.8) is 0 Å². The third-order valence-corrected chi connectivity index (χ3v) is 3.36. The first-order valence-electron chi connectivity index (χ1n) is 7.08. The molecule has 2 unspecified atom stereocenters. The van der Waals surface area contributed by atoms with Gasteiger partial charge in [0.05, 0.1) is 6.10 Å². The highest BCUT2D eigenvalue weighted by molar-refractivity contribution is 5.24. The molecule has 0 aliphatic carbocycles. The Labute approximate surface area is 112 Å². The molecule has 1 N–H and O–H groups in total. The van der Waals surface area contributed by atoms with Crippen molar-refractivity contribution in [1.29, 1.82) is 0 Å². The van der Waals surface area contributed by atoms with Crippen molar-refractivity contribution in [2.75, 3.05) is 0 Å². The van der Waals surface area contributed by atoms with E-state index in [0.29, 0.717) is 11.3 Å². The molecule has 0 spiro atoms. The Bertz CT molecular complexity index is 345. The standard InChI is InChI=1S/C17H28O/c1-6-14-7-9-15(10-8-14)16(18)11-13(2)12-17(3,4)5/h7-10,13,16,18H,6,11-12H2,1-5H3. The van der Waals surface area contributed by atoms with Crippen LogP contribution in [0.2, 0.25) is 0 Å². The number of rotatable bonds is 5. The Kier molecular flexibility index (Phi) is 5.40. The average Bonchev–Trinajstić information content (AvgIpc) is 2.26. The summed E-state index contributed by atoms with van der Waals surface area (Å²) in [4.78, 5) is 0. The predicted octanol–water partition coefficient (Wildman–Crippen LogP) is 4.74. The summed E-state index contributed by atoms with van der Waals surface area (Å²) in [6.07, 6.45) is 2.73. The third kappa shape index (κ3) is 5.22. The van der Waals surface area contributed by atoms with Crippen molar-refractivity contribution in [1.82, 2.24) is 0 Å². The van der Waals surface area contributed by atoms with Crippen molar-refractivity contribution >= 4 is 0 Å². The number of aliphatic hydroxyl groups is 1. The van der Waals surface area contributed by atoms with Gasteiger partial charge in [-0.3, -0.25) is 0 Å². The number of hydrogen-bond acceptors (Lipinski definition) is 1. The first-order chi connectivity index (χ1) is 8.31. The molecule has 0 saturated carbocycles. The van der Waals surface area contributed by atoms with E-state index in [1.165, 1.54) is 5.56 Å². The lowest BCUT2D eigenvalue weighted by molar-refractivity contribution is 0.134. The molecular weight excluding hydrogens is 220 g/mol. The van der Waals surface area contributed by atoms with E-state index in [4.69, 9.17) is 0 Å². The Hall–Kier alpha value is -0.820. The van der Waals surface area contributed by atoms with Crippen molar-refractivity contribution in [2.24, 2.45) is 11.3 Å². The fourth-order valence-electron chi connectivity index (χ4n) is 2.62. The van der Waals surface area contributed by atoms with E-state index >= 15 is 0 Å². The number of benzene rings is 1. The van der Waals surface area contributed by atoms with Crippen LogP contribution in [0.15, 0.2) is 24.3 Å². The van der Waals surface area contributed by atoms with Crippen LogP contribution in [0, 0.1) is 11.3 Å². The van der Waals surface area contributed by atoms with Crippen molar-refractivity contribution < 1.29 is 5.11 Å². The number of hydrogen-bond donors (Lipinski definition) is 1. The summed E-state index contributed by atoms with van der Waals surface area (Å²) in [5.74, 6) is 0.547. The molecule has 0 radical (unpaired) electrons. The quantitative estimate of drug-likeness (QED) is 0.797. The zero-order valence-electron chi connectivity index (χ0n) is 12.5. The smallest absolute Gasteiger partial charge is 0.0792 e. The number of aryl methyl sites for hydroxylation is 1. The van der Waals surface area contributed by atoms with Gasteiger partial charge in [0.2, 0.25) is 0 Å². The zero-order valence-corrected chi connectivity index (χ0v) is 12.5. The molecule has 0 aromatic heterocycles. The van der Waals surface area contributed by atoms with Gasteiger partial charge in [0, 0.05) is 0 Å². The lowest BCUT2D eigenvalue weighted by Gasteiger charge is -2.25. The summed E-state index contributed by atoms with van der Waals surface area (Å²) >= 11 is 0. The van der Waals surface area contributed by atoms with Crippen LogP contribution in [-0.2, 0) is 6.42 Å². The minimum absolute atomic E-state index is 0.326. The molecule has 0 fully saturated rings. The highest BCUT2D eigenvalue weighted by Crippen LogP contribution is 2.30. The maximum absolute atomic E-state index is 10.3. The first-order valence-corrected chi connectivity index (χ1v) is 7.08. The topological polar surface area (TPSA) is 20.2 Å². The molecule has 0 amide bonds. The van der Waals surface area contributed by atoms with Gasteiger partial charge in [0.25, 0.3) is 0 Å². The molecule has 0 aliphatic heterocycles. The van der Waals surface area contributed by atoms with Crippen LogP contribution >= 0.6 is 0 Å². The summed E-state index contributed by atoms with van der Waals surface area (Å²) in [6, 6.07) is 8.36. The van der Waals surface area contributed by atoms with Gasteiger partial charge in [0.15, 0.2) is 0 Å². The Morgan fingerprint density at radius 1 is 1.11 bits per heavy atom. The van der Waals surface area contributed by atoms with Crippen LogP contribution in [0.25, 0.3) is 0 Å². The first kappa shape index (κ1) is 15.2. The molecule has 1 heteroatoms. The fraction of sp³-hybridized carbons (Fsp3) is 0.647. The largest absolute Gasteiger partial charge is 0.388 e. The number of aliphatic hydroxyl groups excluding tert-OH is 1. The van der Waals surface area contributed by atoms with Crippen molar-refractivity contribution in [3.8, 4) is 0 Å². The normalized spacial score (nSPS) is 15.4. The molecule has 0 aliphatic rings. The summed E-state index contributed by atoms with van der Waals surface area (Å²) in [6.45, 7) is 11.1. The molecule has 1 aromatic rings. The molecule has 1 aromatic carbocycles. The second-order valence-corrected chi connectivity index (χ2v) is 6.72. The van der Waals surface area contributed by atoms with Gasteiger partial charge in [0.1, 0.15) is 0 Å². The van der Waals surface area contributed by atoms with Crippen molar-refractivity contribution in [3.05, 3.63) is 35.4 Å². The Morgan fingerprint density at radius 2 is 1.67 bits per heavy atom. The highest BCUT2D eigenvalue weighted by atomic mass is 16.3. The van der Waals surface area contributed by atoms with Crippen LogP contribution < -0.4 is 0 Å². The molecular formula is C17H28O. The lowest BCUT2D eigenvalue weighted by Crippen LogP contribution is -2.13. The minimum Gasteiger partial charge on any atom is -0.388 e. The highest BCUT2D eigenvalue weighted by Gasteiger charge is 2.18. The molecule has 0 heterocycles. The Morgan fingerprint density at radius 3 is 2.11 bits per heavy atom. The van der Waals surface area contributed by atoms with Gasteiger partial charge < -0.3 is 5.11 Å². The fourth-order valence-corrected chi connectivity index (χ4v) is 2.62. The van der Waals surface area contributed by atoms with Gasteiger partial charge in [-0.1, -0.05) is 58.9 Å². The van der Waals surface area contributed by atoms with E-state index in [2.05, 4.69) is 58.9 Å². The van der Waals surface area contributed by atoms with Gasteiger partial charge >= 0.3 is 0 Å². The summed E-state index contributed by atoms with van der Waals surface area (Å²) < 4.78 is 0. The molecule has 1 rings (SSSR count). The molecule has 0 saturated heterocycles. The van der Waals surface area contributed by atoms with Gasteiger partial charge in [-0.05, 0) is 41.7 Å². The Balaban J connectivity index is 2.56. The van der Waals surface area contributed by atoms with Crippen LogP contribution in [0.1, 0.15) is 64.7 Å². The molecule has 102 valence electrons. The minimum atomic E-state index is -0.326. The van der Waals surface area contributed by atoms with E-state index in [0.717, 1.165) is 24.8 Å². The van der Waals surface area contributed by atoms with Crippen LogP contribution in [0.5, 0.6) is 0 Å². The van der Waals surface area contributed by atoms with Gasteiger partial charge in [-0.25, -0.2) is 0 Å². The second kappa shape index (κ2) is 6.38. The summed E-state index contributed by atoms with van der Waals surface area (Å²) in [5, 5.41) is 10.3. The average molecular weight is 248 g/mol. The molecule has 18 heavy (non-hydrogen) atoms. The molecule has 0 bridgehead atoms. The molecule has 2 atom stereocenters. The van der Waals surface area contributed by atoms with Crippen molar-refractivity contribution in [2.45, 2.75) is 60.0 Å². The van der Waals surface area contributed by atoms with E-state index in [1.54, 1.807) is 0 Å². The van der Waals surface area contributed by atoms with E-state index in [1.807, 2.05) is 0 Å². The van der Waals surface area contributed by atoms with E-state index < -0.39 is 0 Å². The van der Waals surface area contributed by atoms with Crippen LogP contribution in [0.4, 0.5) is 0 Å². The second-order valence-electron chi connectivity index (χ2n) is 6.72. The van der Waals surface area contributed by atoms with Crippen LogP contribution in [-0.4, -0.2) is 5.11 Å². The van der Waals surface area contributed by atoms with E-state index in [9.17, 15) is 5.11 Å². The summed E-state index contributed by atoms with van der Waals surface area (Å²) in [7, 11) is 0. The maximum Gasteiger partial charge on any atom is 0.0792 e. The molecule has 1 nitrogen and oxygen atoms in total. The monoisotopic (exact) mass is 248 g/mol. The van der Waals surface area contributed by atoms with Gasteiger partial charge in [-0.15, -0.1) is 0 Å². The van der Waals surface area contributed by atoms with E-state index in [-0.39, 0.29) is 6.10 Å². The summed E-state index contributed by atoms with van der Waals surface area (Å²) in [5.41, 5.74) is 2.72. The maximum atomic E-state index is 10.3. The third-order valence-electron chi connectivity index (χ3n) is 3.36. The lowest BCUT2D eigenvalue weighted by atomic mass is 9.82. The predicted molar refractivity (Wildman–Crippen MR) is 78.6 cm³/mol.